The fourth-order valence-electron chi connectivity index (χ4n) is 2.52. The van der Waals surface area contributed by atoms with Crippen LogP contribution in [0.4, 0.5) is 16.6 Å². The van der Waals surface area contributed by atoms with E-state index in [4.69, 9.17) is 16.3 Å². The van der Waals surface area contributed by atoms with E-state index in [-0.39, 0.29) is 22.5 Å². The van der Waals surface area contributed by atoms with Crippen molar-refractivity contribution in [3.63, 3.8) is 0 Å². The molecule has 0 fully saturated rings. The van der Waals surface area contributed by atoms with Crippen molar-refractivity contribution in [1.82, 2.24) is 15.2 Å². The number of nitro groups is 1. The number of carbonyl (C=O) groups excluding carboxylic acids is 2. The number of benzene rings is 1. The van der Waals surface area contributed by atoms with Crippen molar-refractivity contribution in [2.24, 2.45) is 0 Å². The second-order valence-electron chi connectivity index (χ2n) is 6.54. The molecule has 1 atom stereocenters. The Kier molecular flexibility index (Phi) is 7.28. The zero-order valence-electron chi connectivity index (χ0n) is 16.9. The third-order valence-electron chi connectivity index (χ3n) is 4.14. The molecule has 0 aliphatic heterocycles. The summed E-state index contributed by atoms with van der Waals surface area (Å²) in [7, 11) is 1.62. The minimum absolute atomic E-state index is 0.0591. The number of ether oxygens (including phenoxy) is 1. The number of esters is 1. The second-order valence-corrected chi connectivity index (χ2v) is 7.78. The predicted molar refractivity (Wildman–Crippen MR) is 119 cm³/mol. The van der Waals surface area contributed by atoms with E-state index in [2.05, 4.69) is 20.5 Å². The zero-order valence-corrected chi connectivity index (χ0v) is 18.5. The summed E-state index contributed by atoms with van der Waals surface area (Å²) >= 11 is 6.83. The van der Waals surface area contributed by atoms with Gasteiger partial charge >= 0.3 is 5.97 Å². The van der Waals surface area contributed by atoms with Crippen molar-refractivity contribution >= 4 is 51.5 Å². The van der Waals surface area contributed by atoms with Crippen molar-refractivity contribution in [3.8, 4) is 11.3 Å². The number of thiazole rings is 1. The van der Waals surface area contributed by atoms with Crippen LogP contribution in [-0.2, 0) is 14.3 Å². The Labute approximate surface area is 191 Å². The summed E-state index contributed by atoms with van der Waals surface area (Å²) in [5.41, 5.74) is 0.962. The number of hydrogen-bond donors (Lipinski definition) is 1. The number of amides is 1. The summed E-state index contributed by atoms with van der Waals surface area (Å²) in [5, 5.41) is 23.2. The molecule has 0 saturated carbocycles. The highest BCUT2D eigenvalue weighted by Crippen LogP contribution is 2.27. The van der Waals surface area contributed by atoms with Gasteiger partial charge in [-0.2, -0.15) is 0 Å². The topological polar surface area (TPSA) is 140 Å². The summed E-state index contributed by atoms with van der Waals surface area (Å²) < 4.78 is 5.17. The number of hydrogen-bond acceptors (Lipinski definition) is 10. The molecular weight excluding hydrogens is 460 g/mol. The number of anilines is 2. The fourth-order valence-corrected chi connectivity index (χ4v) is 3.35. The molecule has 0 spiro atoms. The van der Waals surface area contributed by atoms with Gasteiger partial charge in [-0.05, 0) is 19.1 Å². The number of rotatable bonds is 8. The van der Waals surface area contributed by atoms with Gasteiger partial charge in [0.15, 0.2) is 22.2 Å². The maximum absolute atomic E-state index is 12.4. The van der Waals surface area contributed by atoms with Gasteiger partial charge in [-0.1, -0.05) is 23.7 Å². The van der Waals surface area contributed by atoms with Crippen LogP contribution in [0.2, 0.25) is 5.15 Å². The zero-order chi connectivity index (χ0) is 23.3. The SMILES string of the molecule is CC(OC(=O)CN(C)c1ccc(Cl)nn1)C(=O)Nc1nc(-c2cccc([N+](=O)[O-])c2)cs1. The van der Waals surface area contributed by atoms with Crippen LogP contribution in [0.5, 0.6) is 0 Å². The summed E-state index contributed by atoms with van der Waals surface area (Å²) in [6, 6.07) is 9.15. The first kappa shape index (κ1) is 23.0. The van der Waals surface area contributed by atoms with E-state index in [1.54, 1.807) is 30.6 Å². The van der Waals surface area contributed by atoms with Crippen molar-refractivity contribution < 1.29 is 19.2 Å². The quantitative estimate of drug-likeness (QED) is 0.294. The number of aromatic nitrogens is 3. The molecule has 32 heavy (non-hydrogen) atoms. The van der Waals surface area contributed by atoms with Gasteiger partial charge < -0.3 is 9.64 Å². The van der Waals surface area contributed by atoms with Crippen LogP contribution in [0.3, 0.4) is 0 Å². The lowest BCUT2D eigenvalue weighted by atomic mass is 10.1. The van der Waals surface area contributed by atoms with Gasteiger partial charge in [0.2, 0.25) is 0 Å². The highest BCUT2D eigenvalue weighted by atomic mass is 35.5. The predicted octanol–water partition coefficient (Wildman–Crippen LogP) is 3.17. The molecule has 0 aliphatic rings. The second kappa shape index (κ2) is 10.1. The maximum Gasteiger partial charge on any atom is 0.326 e. The number of likely N-dealkylation sites (N-methyl/N-ethyl adjacent to an activating group) is 1. The van der Waals surface area contributed by atoms with Gasteiger partial charge in [-0.15, -0.1) is 21.5 Å². The van der Waals surface area contributed by atoms with Crippen LogP contribution in [0.25, 0.3) is 11.3 Å². The molecular formula is C19H17ClN6O5S. The van der Waals surface area contributed by atoms with Crippen molar-refractivity contribution in [1.29, 1.82) is 0 Å². The smallest absolute Gasteiger partial charge is 0.326 e. The van der Waals surface area contributed by atoms with Gasteiger partial charge in [-0.25, -0.2) is 4.98 Å². The molecule has 3 aromatic rings. The Morgan fingerprint density at radius 2 is 2.09 bits per heavy atom. The first-order valence-corrected chi connectivity index (χ1v) is 10.4. The van der Waals surface area contributed by atoms with E-state index in [0.29, 0.717) is 17.1 Å². The minimum atomic E-state index is -1.07. The highest BCUT2D eigenvalue weighted by Gasteiger charge is 2.21. The Morgan fingerprint density at radius 3 is 2.78 bits per heavy atom. The average Bonchev–Trinajstić information content (AvgIpc) is 3.22. The van der Waals surface area contributed by atoms with Crippen LogP contribution in [0.1, 0.15) is 6.92 Å². The minimum Gasteiger partial charge on any atom is -0.451 e. The highest BCUT2D eigenvalue weighted by molar-refractivity contribution is 7.14. The van der Waals surface area contributed by atoms with E-state index in [1.165, 1.54) is 30.0 Å². The lowest BCUT2D eigenvalue weighted by Gasteiger charge is -2.18. The monoisotopic (exact) mass is 476 g/mol. The molecule has 1 N–H and O–H groups in total. The third-order valence-corrected chi connectivity index (χ3v) is 5.10. The molecule has 0 aliphatic carbocycles. The molecule has 0 saturated heterocycles. The Hall–Kier alpha value is -3.64. The summed E-state index contributed by atoms with van der Waals surface area (Å²) in [5.74, 6) is -0.782. The standard InChI is InChI=1S/C19H17ClN6O5S/c1-11(31-17(27)9-25(2)16-7-6-15(20)23-24-16)18(28)22-19-21-14(10-32-19)12-4-3-5-13(8-12)26(29)30/h3-8,10-11H,9H2,1-2H3,(H,21,22,28). The van der Waals surface area contributed by atoms with Crippen LogP contribution >= 0.6 is 22.9 Å². The van der Waals surface area contributed by atoms with E-state index >= 15 is 0 Å². The fraction of sp³-hybridized carbons (Fsp3) is 0.211. The van der Waals surface area contributed by atoms with Crippen molar-refractivity contribution in [2.45, 2.75) is 13.0 Å². The molecule has 2 heterocycles. The van der Waals surface area contributed by atoms with Crippen LogP contribution in [0, 0.1) is 10.1 Å². The van der Waals surface area contributed by atoms with Gasteiger partial charge in [0, 0.05) is 30.1 Å². The van der Waals surface area contributed by atoms with Crippen LogP contribution < -0.4 is 10.2 Å². The van der Waals surface area contributed by atoms with Gasteiger partial charge in [-0.3, -0.25) is 25.0 Å². The number of carbonyl (C=O) groups is 2. The molecule has 0 radical (unpaired) electrons. The van der Waals surface area contributed by atoms with Gasteiger partial charge in [0.1, 0.15) is 6.54 Å². The van der Waals surface area contributed by atoms with Crippen molar-refractivity contribution in [2.75, 3.05) is 23.8 Å². The first-order chi connectivity index (χ1) is 15.2. The molecule has 3 rings (SSSR count). The molecule has 1 unspecified atom stereocenters. The summed E-state index contributed by atoms with van der Waals surface area (Å²) in [4.78, 5) is 40.7. The van der Waals surface area contributed by atoms with E-state index in [9.17, 15) is 19.7 Å². The number of nitrogens with one attached hydrogen (secondary N) is 1. The molecule has 13 heteroatoms. The Bertz CT molecular complexity index is 1140. The lowest BCUT2D eigenvalue weighted by Crippen LogP contribution is -2.34. The van der Waals surface area contributed by atoms with Crippen molar-refractivity contribution in [3.05, 3.63) is 57.0 Å². The summed E-state index contributed by atoms with van der Waals surface area (Å²) in [6.07, 6.45) is -1.07. The van der Waals surface area contributed by atoms with E-state index < -0.39 is 22.9 Å². The number of halogens is 1. The lowest BCUT2D eigenvalue weighted by molar-refractivity contribution is -0.384. The molecule has 2 aromatic heterocycles. The van der Waals surface area contributed by atoms with Crippen LogP contribution in [0.15, 0.2) is 41.8 Å². The van der Waals surface area contributed by atoms with Gasteiger partial charge in [0.05, 0.1) is 10.6 Å². The van der Waals surface area contributed by atoms with E-state index in [1.807, 2.05) is 0 Å². The molecule has 166 valence electrons. The van der Waals surface area contributed by atoms with E-state index in [0.717, 1.165) is 11.3 Å². The number of nitrogens with zero attached hydrogens (tertiary/aromatic N) is 5. The average molecular weight is 477 g/mol. The number of nitro benzene ring substituents is 1. The Balaban J connectivity index is 1.55. The summed E-state index contributed by atoms with van der Waals surface area (Å²) in [6.45, 7) is 1.28. The Morgan fingerprint density at radius 1 is 1.31 bits per heavy atom. The van der Waals surface area contributed by atoms with Gasteiger partial charge in [0.25, 0.3) is 11.6 Å². The normalized spacial score (nSPS) is 11.5. The molecule has 11 nitrogen and oxygen atoms in total. The largest absolute Gasteiger partial charge is 0.451 e. The van der Waals surface area contributed by atoms with Crippen LogP contribution in [-0.4, -0.2) is 51.7 Å². The number of non-ortho nitro benzene ring substituents is 1. The molecule has 0 bridgehead atoms. The third kappa shape index (κ3) is 5.95. The first-order valence-electron chi connectivity index (χ1n) is 9.14. The maximum atomic E-state index is 12.4. The molecule has 1 amide bonds. The molecule has 1 aromatic carbocycles.